The lowest BCUT2D eigenvalue weighted by Gasteiger charge is -2.06. The fourth-order valence-electron chi connectivity index (χ4n) is 1.57. The van der Waals surface area contributed by atoms with Gasteiger partial charge in [0.1, 0.15) is 0 Å². The van der Waals surface area contributed by atoms with Crippen LogP contribution in [0.5, 0.6) is 0 Å². The van der Waals surface area contributed by atoms with Crippen molar-refractivity contribution in [2.75, 3.05) is 23.9 Å². The molecule has 0 radical (unpaired) electrons. The SMILES string of the molecule is CSCCCNc1nnnn1-c1ccc(C)cc1. The van der Waals surface area contributed by atoms with Crippen LogP contribution in [0.15, 0.2) is 24.3 Å². The summed E-state index contributed by atoms with van der Waals surface area (Å²) in [6.45, 7) is 2.94. The maximum atomic E-state index is 4.00. The molecule has 2 rings (SSSR count). The van der Waals surface area contributed by atoms with Gasteiger partial charge >= 0.3 is 0 Å². The largest absolute Gasteiger partial charge is 0.353 e. The molecule has 1 aromatic carbocycles. The highest BCUT2D eigenvalue weighted by Crippen LogP contribution is 2.12. The number of anilines is 1. The second-order valence-corrected chi connectivity index (χ2v) is 5.01. The first-order chi connectivity index (χ1) is 8.81. The Hall–Kier alpha value is -1.56. The minimum absolute atomic E-state index is 0.694. The Morgan fingerprint density at radius 3 is 2.78 bits per heavy atom. The van der Waals surface area contributed by atoms with E-state index < -0.39 is 0 Å². The van der Waals surface area contributed by atoms with Crippen molar-refractivity contribution in [1.82, 2.24) is 20.2 Å². The predicted octanol–water partition coefficient (Wildman–Crippen LogP) is 2.14. The molecule has 0 saturated heterocycles. The highest BCUT2D eigenvalue weighted by atomic mass is 32.2. The molecule has 2 aromatic rings. The topological polar surface area (TPSA) is 55.6 Å². The molecule has 96 valence electrons. The molecule has 1 N–H and O–H groups in total. The molecule has 0 aliphatic rings. The lowest BCUT2D eigenvalue weighted by Crippen LogP contribution is -2.09. The number of thioether (sulfide) groups is 1. The number of aromatic nitrogens is 4. The molecule has 0 atom stereocenters. The summed E-state index contributed by atoms with van der Waals surface area (Å²) < 4.78 is 1.72. The Balaban J connectivity index is 2.05. The summed E-state index contributed by atoms with van der Waals surface area (Å²) in [5, 5.41) is 15.0. The molecule has 0 aliphatic heterocycles. The fourth-order valence-corrected chi connectivity index (χ4v) is 2.01. The minimum atomic E-state index is 0.694. The Morgan fingerprint density at radius 2 is 2.06 bits per heavy atom. The average molecular weight is 263 g/mol. The lowest BCUT2D eigenvalue weighted by molar-refractivity contribution is 0.788. The third-order valence-electron chi connectivity index (χ3n) is 2.56. The lowest BCUT2D eigenvalue weighted by atomic mass is 10.2. The molecular weight excluding hydrogens is 246 g/mol. The van der Waals surface area contributed by atoms with Crippen LogP contribution in [0.2, 0.25) is 0 Å². The molecule has 0 saturated carbocycles. The van der Waals surface area contributed by atoms with Crippen molar-refractivity contribution in [3.8, 4) is 5.69 Å². The van der Waals surface area contributed by atoms with Crippen LogP contribution in [0, 0.1) is 6.92 Å². The van der Waals surface area contributed by atoms with Crippen molar-refractivity contribution < 1.29 is 0 Å². The summed E-state index contributed by atoms with van der Waals surface area (Å²) in [5.74, 6) is 1.83. The quantitative estimate of drug-likeness (QED) is 0.809. The van der Waals surface area contributed by atoms with Crippen molar-refractivity contribution >= 4 is 17.7 Å². The molecule has 5 nitrogen and oxygen atoms in total. The van der Waals surface area contributed by atoms with Crippen LogP contribution in [0.3, 0.4) is 0 Å². The van der Waals surface area contributed by atoms with Crippen LogP contribution >= 0.6 is 11.8 Å². The highest BCUT2D eigenvalue weighted by molar-refractivity contribution is 7.98. The Morgan fingerprint density at radius 1 is 1.28 bits per heavy atom. The number of benzene rings is 1. The number of nitrogens with one attached hydrogen (secondary N) is 1. The summed E-state index contributed by atoms with van der Waals surface area (Å²) in [6.07, 6.45) is 3.21. The van der Waals surface area contributed by atoms with Gasteiger partial charge in [-0.05, 0) is 47.9 Å². The van der Waals surface area contributed by atoms with Gasteiger partial charge < -0.3 is 5.32 Å². The molecule has 18 heavy (non-hydrogen) atoms. The van der Waals surface area contributed by atoms with Gasteiger partial charge in [-0.2, -0.15) is 16.4 Å². The fraction of sp³-hybridized carbons (Fsp3) is 0.417. The van der Waals surface area contributed by atoms with Gasteiger partial charge in [0.25, 0.3) is 0 Å². The van der Waals surface area contributed by atoms with Gasteiger partial charge in [0.15, 0.2) is 0 Å². The maximum absolute atomic E-state index is 4.00. The third kappa shape index (κ3) is 3.22. The monoisotopic (exact) mass is 263 g/mol. The number of hydrogen-bond acceptors (Lipinski definition) is 5. The van der Waals surface area contributed by atoms with Crippen LogP contribution in [0.25, 0.3) is 5.69 Å². The summed E-state index contributed by atoms with van der Waals surface area (Å²) in [6, 6.07) is 8.13. The molecule has 0 fully saturated rings. The van der Waals surface area contributed by atoms with E-state index in [2.05, 4.69) is 46.2 Å². The van der Waals surface area contributed by atoms with E-state index in [4.69, 9.17) is 0 Å². The molecule has 0 bridgehead atoms. The Bertz CT molecular complexity index is 479. The van der Waals surface area contributed by atoms with Gasteiger partial charge in [-0.15, -0.1) is 0 Å². The molecule has 6 heteroatoms. The van der Waals surface area contributed by atoms with E-state index in [1.54, 1.807) is 4.68 Å². The molecule has 0 spiro atoms. The van der Waals surface area contributed by atoms with Crippen molar-refractivity contribution in [1.29, 1.82) is 0 Å². The summed E-state index contributed by atoms with van der Waals surface area (Å²) in [7, 11) is 0. The van der Waals surface area contributed by atoms with E-state index in [-0.39, 0.29) is 0 Å². The second kappa shape index (κ2) is 6.39. The second-order valence-electron chi connectivity index (χ2n) is 4.02. The summed E-state index contributed by atoms with van der Waals surface area (Å²) in [5.41, 5.74) is 2.19. The van der Waals surface area contributed by atoms with E-state index >= 15 is 0 Å². The van der Waals surface area contributed by atoms with Crippen molar-refractivity contribution in [2.45, 2.75) is 13.3 Å². The number of hydrogen-bond donors (Lipinski definition) is 1. The number of tetrazole rings is 1. The van der Waals surface area contributed by atoms with Crippen molar-refractivity contribution in [2.24, 2.45) is 0 Å². The first-order valence-electron chi connectivity index (χ1n) is 5.89. The van der Waals surface area contributed by atoms with Crippen molar-refractivity contribution in [3.05, 3.63) is 29.8 Å². The molecule has 0 aliphatic carbocycles. The Kier molecular flexibility index (Phi) is 4.58. The zero-order valence-corrected chi connectivity index (χ0v) is 11.4. The summed E-state index contributed by atoms with van der Waals surface area (Å²) in [4.78, 5) is 0. The summed E-state index contributed by atoms with van der Waals surface area (Å²) >= 11 is 1.84. The smallest absolute Gasteiger partial charge is 0.247 e. The van der Waals surface area contributed by atoms with Gasteiger partial charge in [0.2, 0.25) is 5.95 Å². The van der Waals surface area contributed by atoms with Gasteiger partial charge in [-0.3, -0.25) is 0 Å². The van der Waals surface area contributed by atoms with Crippen LogP contribution in [0.1, 0.15) is 12.0 Å². The molecular formula is C12H17N5S. The van der Waals surface area contributed by atoms with Gasteiger partial charge in [-0.25, -0.2) is 0 Å². The van der Waals surface area contributed by atoms with Crippen LogP contribution in [-0.2, 0) is 0 Å². The number of nitrogens with zero attached hydrogens (tertiary/aromatic N) is 4. The van der Waals surface area contributed by atoms with E-state index in [9.17, 15) is 0 Å². The van der Waals surface area contributed by atoms with E-state index in [1.165, 1.54) is 5.56 Å². The predicted molar refractivity (Wildman–Crippen MR) is 75.4 cm³/mol. The average Bonchev–Trinajstić information content (AvgIpc) is 2.84. The first kappa shape index (κ1) is 12.9. The van der Waals surface area contributed by atoms with Gasteiger partial charge in [-0.1, -0.05) is 22.8 Å². The normalized spacial score (nSPS) is 10.6. The minimum Gasteiger partial charge on any atom is -0.353 e. The molecule has 0 amide bonds. The number of aryl methyl sites for hydroxylation is 1. The molecule has 1 heterocycles. The standard InChI is InChI=1S/C12H17N5S/c1-10-4-6-11(7-5-10)17-12(14-15-16-17)13-8-3-9-18-2/h4-7H,3,8-9H2,1-2H3,(H,13,14,16). The third-order valence-corrected chi connectivity index (χ3v) is 3.25. The zero-order chi connectivity index (χ0) is 12.8. The molecule has 0 unspecified atom stereocenters. The Labute approximate surface area is 111 Å². The van der Waals surface area contributed by atoms with Crippen molar-refractivity contribution in [3.63, 3.8) is 0 Å². The van der Waals surface area contributed by atoms with E-state index in [0.29, 0.717) is 5.95 Å². The maximum Gasteiger partial charge on any atom is 0.247 e. The van der Waals surface area contributed by atoms with Crippen LogP contribution in [-0.4, -0.2) is 38.8 Å². The van der Waals surface area contributed by atoms with Crippen LogP contribution < -0.4 is 5.32 Å². The van der Waals surface area contributed by atoms with Gasteiger partial charge in [0, 0.05) is 6.54 Å². The molecule has 1 aromatic heterocycles. The first-order valence-corrected chi connectivity index (χ1v) is 7.29. The van der Waals surface area contributed by atoms with Gasteiger partial charge in [0.05, 0.1) is 5.69 Å². The van der Waals surface area contributed by atoms with E-state index in [0.717, 1.165) is 24.4 Å². The van der Waals surface area contributed by atoms with E-state index in [1.807, 2.05) is 23.9 Å². The van der Waals surface area contributed by atoms with Crippen LogP contribution in [0.4, 0.5) is 5.95 Å². The number of rotatable bonds is 6. The highest BCUT2D eigenvalue weighted by Gasteiger charge is 2.06. The zero-order valence-electron chi connectivity index (χ0n) is 10.6.